The summed E-state index contributed by atoms with van der Waals surface area (Å²) in [7, 11) is 0. The lowest BCUT2D eigenvalue weighted by atomic mass is 10.3. The highest BCUT2D eigenvalue weighted by Crippen LogP contribution is 2.10. The van der Waals surface area contributed by atoms with E-state index >= 15 is 0 Å². The Morgan fingerprint density at radius 1 is 1.47 bits per heavy atom. The lowest BCUT2D eigenvalue weighted by Crippen LogP contribution is -2.28. The second-order valence-corrected chi connectivity index (χ2v) is 2.84. The number of halogens is 1. The molecule has 0 bridgehead atoms. The van der Waals surface area contributed by atoms with Gasteiger partial charge in [0.1, 0.15) is 11.6 Å². The fourth-order valence-electron chi connectivity index (χ4n) is 0.917. The summed E-state index contributed by atoms with van der Waals surface area (Å²) in [6.45, 7) is 3.79. The number of rotatable bonds is 5. The van der Waals surface area contributed by atoms with Crippen molar-refractivity contribution in [2.45, 2.75) is 0 Å². The summed E-state index contributed by atoms with van der Waals surface area (Å²) in [5.74, 6) is -0.108. The molecule has 3 nitrogen and oxygen atoms in total. The van der Waals surface area contributed by atoms with Crippen LogP contribution in [0.2, 0.25) is 0 Å². The highest BCUT2D eigenvalue weighted by Gasteiger charge is 2.00. The van der Waals surface area contributed by atoms with Crippen molar-refractivity contribution in [1.82, 2.24) is 5.32 Å². The minimum absolute atomic E-state index is 0.0839. The largest absolute Gasteiger partial charge is 0.484 e. The number of hydrogen-bond acceptors (Lipinski definition) is 2. The van der Waals surface area contributed by atoms with E-state index in [0.717, 1.165) is 0 Å². The number of ether oxygens (including phenoxy) is 1. The zero-order valence-electron chi connectivity index (χ0n) is 8.20. The maximum atomic E-state index is 12.5. The van der Waals surface area contributed by atoms with Gasteiger partial charge in [-0.1, -0.05) is 6.08 Å². The zero-order chi connectivity index (χ0) is 11.1. The molecule has 4 heteroatoms. The van der Waals surface area contributed by atoms with Crippen molar-refractivity contribution in [3.63, 3.8) is 0 Å². The summed E-state index contributed by atoms with van der Waals surface area (Å²) in [6.07, 6.45) is 1.58. The fraction of sp³-hybridized carbons (Fsp3) is 0.182. The SMILES string of the molecule is C=CCNC(=O)COc1ccc(F)cc1. The van der Waals surface area contributed by atoms with Crippen molar-refractivity contribution < 1.29 is 13.9 Å². The first-order valence-electron chi connectivity index (χ1n) is 4.48. The molecule has 0 spiro atoms. The van der Waals surface area contributed by atoms with Crippen LogP contribution in [-0.2, 0) is 4.79 Å². The van der Waals surface area contributed by atoms with Crippen molar-refractivity contribution in [2.24, 2.45) is 0 Å². The molecule has 80 valence electrons. The molecule has 0 saturated heterocycles. The van der Waals surface area contributed by atoms with Crippen LogP contribution in [0.15, 0.2) is 36.9 Å². The van der Waals surface area contributed by atoms with Crippen LogP contribution in [0, 0.1) is 5.82 Å². The molecule has 15 heavy (non-hydrogen) atoms. The van der Waals surface area contributed by atoms with Gasteiger partial charge in [-0.2, -0.15) is 0 Å². The van der Waals surface area contributed by atoms with Gasteiger partial charge >= 0.3 is 0 Å². The van der Waals surface area contributed by atoms with Crippen molar-refractivity contribution in [3.8, 4) is 5.75 Å². The van der Waals surface area contributed by atoms with E-state index in [1.165, 1.54) is 24.3 Å². The highest BCUT2D eigenvalue weighted by atomic mass is 19.1. The minimum Gasteiger partial charge on any atom is -0.484 e. The van der Waals surface area contributed by atoms with Crippen LogP contribution in [0.3, 0.4) is 0 Å². The quantitative estimate of drug-likeness (QED) is 0.746. The van der Waals surface area contributed by atoms with Crippen molar-refractivity contribution in [2.75, 3.05) is 13.2 Å². The van der Waals surface area contributed by atoms with E-state index in [9.17, 15) is 9.18 Å². The molecule has 0 aliphatic carbocycles. The Hall–Kier alpha value is -1.84. The number of benzene rings is 1. The first-order valence-corrected chi connectivity index (χ1v) is 4.48. The molecular formula is C11H12FNO2. The van der Waals surface area contributed by atoms with Crippen LogP contribution in [0.5, 0.6) is 5.75 Å². The normalized spacial score (nSPS) is 9.40. The van der Waals surface area contributed by atoms with E-state index in [0.29, 0.717) is 12.3 Å². The van der Waals surface area contributed by atoms with E-state index in [2.05, 4.69) is 11.9 Å². The molecule has 0 saturated carbocycles. The van der Waals surface area contributed by atoms with Crippen molar-refractivity contribution >= 4 is 5.91 Å². The van der Waals surface area contributed by atoms with E-state index < -0.39 is 0 Å². The van der Waals surface area contributed by atoms with Gasteiger partial charge < -0.3 is 10.1 Å². The molecule has 0 heterocycles. The summed E-state index contributed by atoms with van der Waals surface area (Å²) in [5.41, 5.74) is 0. The molecule has 0 atom stereocenters. The van der Waals surface area contributed by atoms with Crippen LogP contribution >= 0.6 is 0 Å². The van der Waals surface area contributed by atoms with Crippen LogP contribution in [0.1, 0.15) is 0 Å². The third kappa shape index (κ3) is 4.26. The Morgan fingerprint density at radius 3 is 2.73 bits per heavy atom. The monoisotopic (exact) mass is 209 g/mol. The first kappa shape index (κ1) is 11.2. The van der Waals surface area contributed by atoms with E-state index in [-0.39, 0.29) is 18.3 Å². The molecule has 1 aromatic carbocycles. The predicted octanol–water partition coefficient (Wildman–Crippen LogP) is 1.51. The van der Waals surface area contributed by atoms with Crippen LogP contribution in [0.25, 0.3) is 0 Å². The molecule has 1 rings (SSSR count). The lowest BCUT2D eigenvalue weighted by Gasteiger charge is -2.05. The van der Waals surface area contributed by atoms with Gasteiger partial charge in [-0.25, -0.2) is 4.39 Å². The number of carbonyl (C=O) groups is 1. The van der Waals surface area contributed by atoms with Gasteiger partial charge in [-0.05, 0) is 24.3 Å². The number of nitrogens with one attached hydrogen (secondary N) is 1. The molecule has 0 aliphatic heterocycles. The van der Waals surface area contributed by atoms with E-state index in [4.69, 9.17) is 4.74 Å². The van der Waals surface area contributed by atoms with Crippen LogP contribution in [0.4, 0.5) is 4.39 Å². The number of amides is 1. The number of hydrogen-bond donors (Lipinski definition) is 1. The van der Waals surface area contributed by atoms with Crippen LogP contribution < -0.4 is 10.1 Å². The second kappa shape index (κ2) is 5.80. The smallest absolute Gasteiger partial charge is 0.258 e. The second-order valence-electron chi connectivity index (χ2n) is 2.84. The maximum absolute atomic E-state index is 12.5. The maximum Gasteiger partial charge on any atom is 0.258 e. The molecule has 0 fully saturated rings. The zero-order valence-corrected chi connectivity index (χ0v) is 8.20. The summed E-state index contributed by atoms with van der Waals surface area (Å²) in [5, 5.41) is 2.56. The minimum atomic E-state index is -0.335. The lowest BCUT2D eigenvalue weighted by molar-refractivity contribution is -0.122. The first-order chi connectivity index (χ1) is 7.22. The number of carbonyl (C=O) groups excluding carboxylic acids is 1. The van der Waals surface area contributed by atoms with Crippen LogP contribution in [-0.4, -0.2) is 19.1 Å². The van der Waals surface area contributed by atoms with Gasteiger partial charge in [0.15, 0.2) is 6.61 Å². The van der Waals surface area contributed by atoms with E-state index in [1.807, 2.05) is 0 Å². The van der Waals surface area contributed by atoms with Gasteiger partial charge in [0.2, 0.25) is 0 Å². The predicted molar refractivity (Wildman–Crippen MR) is 55.1 cm³/mol. The van der Waals surface area contributed by atoms with Gasteiger partial charge in [-0.3, -0.25) is 4.79 Å². The van der Waals surface area contributed by atoms with Gasteiger partial charge in [-0.15, -0.1) is 6.58 Å². The third-order valence-electron chi connectivity index (χ3n) is 1.63. The van der Waals surface area contributed by atoms with Crippen molar-refractivity contribution in [3.05, 3.63) is 42.7 Å². The van der Waals surface area contributed by atoms with Crippen molar-refractivity contribution in [1.29, 1.82) is 0 Å². The standard InChI is InChI=1S/C11H12FNO2/c1-2-7-13-11(14)8-15-10-5-3-9(12)4-6-10/h2-6H,1,7-8H2,(H,13,14). The molecule has 0 aromatic heterocycles. The summed E-state index contributed by atoms with van der Waals surface area (Å²) in [6, 6.07) is 5.49. The molecule has 1 amide bonds. The molecule has 1 aromatic rings. The average Bonchev–Trinajstić information content (AvgIpc) is 2.25. The molecule has 0 unspecified atom stereocenters. The Labute approximate surface area is 87.6 Å². The highest BCUT2D eigenvalue weighted by molar-refractivity contribution is 5.77. The summed E-state index contributed by atoms with van der Waals surface area (Å²) in [4.78, 5) is 11.1. The molecule has 1 N–H and O–H groups in total. The average molecular weight is 209 g/mol. The Morgan fingerprint density at radius 2 is 2.13 bits per heavy atom. The molecule has 0 radical (unpaired) electrons. The summed E-state index contributed by atoms with van der Waals surface area (Å²) < 4.78 is 17.6. The Balaban J connectivity index is 2.33. The third-order valence-corrected chi connectivity index (χ3v) is 1.63. The Kier molecular flexibility index (Phi) is 4.34. The van der Waals surface area contributed by atoms with Gasteiger partial charge in [0, 0.05) is 6.54 Å². The molecular weight excluding hydrogens is 197 g/mol. The molecule has 0 aliphatic rings. The Bertz CT molecular complexity index is 335. The summed E-state index contributed by atoms with van der Waals surface area (Å²) >= 11 is 0. The van der Waals surface area contributed by atoms with Gasteiger partial charge in [0.05, 0.1) is 0 Å². The van der Waals surface area contributed by atoms with Gasteiger partial charge in [0.25, 0.3) is 5.91 Å². The topological polar surface area (TPSA) is 38.3 Å². The van der Waals surface area contributed by atoms with E-state index in [1.54, 1.807) is 6.08 Å². The fourth-order valence-corrected chi connectivity index (χ4v) is 0.917.